The van der Waals surface area contributed by atoms with E-state index in [4.69, 9.17) is 4.74 Å². The minimum Gasteiger partial charge on any atom is -0.390 e. The van der Waals surface area contributed by atoms with Crippen LogP contribution in [0.3, 0.4) is 0 Å². The van der Waals surface area contributed by atoms with E-state index in [0.717, 1.165) is 51.9 Å². The summed E-state index contributed by atoms with van der Waals surface area (Å²) in [6, 6.07) is 0.627. The van der Waals surface area contributed by atoms with Crippen molar-refractivity contribution in [3.63, 3.8) is 0 Å². The van der Waals surface area contributed by atoms with Gasteiger partial charge in [-0.15, -0.1) is 0 Å². The molecule has 2 N–H and O–H groups in total. The zero-order valence-electron chi connectivity index (χ0n) is 10.4. The second-order valence-corrected chi connectivity index (χ2v) is 5.39. The minimum atomic E-state index is -0.430. The van der Waals surface area contributed by atoms with Crippen molar-refractivity contribution in [3.8, 4) is 0 Å². The molecule has 1 aliphatic heterocycles. The summed E-state index contributed by atoms with van der Waals surface area (Å²) in [6.45, 7) is 4.91. The van der Waals surface area contributed by atoms with Gasteiger partial charge in [-0.1, -0.05) is 6.92 Å². The number of hydrogen-bond acceptors (Lipinski definition) is 3. The minimum absolute atomic E-state index is 0.389. The Labute approximate surface area is 98.6 Å². The molecule has 1 unspecified atom stereocenters. The highest BCUT2D eigenvalue weighted by atomic mass is 16.5. The maximum Gasteiger partial charge on any atom is 0.0699 e. The molecule has 1 saturated carbocycles. The van der Waals surface area contributed by atoms with Crippen LogP contribution in [0.1, 0.15) is 45.4 Å². The zero-order valence-corrected chi connectivity index (χ0v) is 10.4. The number of aliphatic hydroxyl groups is 1. The first-order valence-corrected chi connectivity index (χ1v) is 6.78. The average molecular weight is 227 g/mol. The average Bonchev–Trinajstić information content (AvgIpc) is 2.83. The van der Waals surface area contributed by atoms with Gasteiger partial charge < -0.3 is 15.2 Å². The molecule has 1 atom stereocenters. The van der Waals surface area contributed by atoms with Crippen molar-refractivity contribution in [1.29, 1.82) is 0 Å². The first-order chi connectivity index (χ1) is 7.74. The van der Waals surface area contributed by atoms with Crippen molar-refractivity contribution in [2.45, 2.75) is 57.1 Å². The van der Waals surface area contributed by atoms with Gasteiger partial charge in [0.1, 0.15) is 0 Å². The molecule has 0 aromatic rings. The largest absolute Gasteiger partial charge is 0.390 e. The fourth-order valence-corrected chi connectivity index (χ4v) is 3.04. The monoisotopic (exact) mass is 227 g/mol. The van der Waals surface area contributed by atoms with Gasteiger partial charge in [0.2, 0.25) is 0 Å². The summed E-state index contributed by atoms with van der Waals surface area (Å²) < 4.78 is 5.39. The van der Waals surface area contributed by atoms with E-state index in [0.29, 0.717) is 12.0 Å². The number of hydrogen-bond donors (Lipinski definition) is 2. The lowest BCUT2D eigenvalue weighted by atomic mass is 9.74. The van der Waals surface area contributed by atoms with Crippen molar-refractivity contribution in [1.82, 2.24) is 5.32 Å². The fraction of sp³-hybridized carbons (Fsp3) is 1.00. The van der Waals surface area contributed by atoms with Crippen LogP contribution in [-0.4, -0.2) is 36.5 Å². The van der Waals surface area contributed by atoms with E-state index >= 15 is 0 Å². The first-order valence-electron chi connectivity index (χ1n) is 6.78. The van der Waals surface area contributed by atoms with Gasteiger partial charge in [-0.2, -0.15) is 0 Å². The molecule has 0 bridgehead atoms. The molecule has 1 aliphatic carbocycles. The Hall–Kier alpha value is -0.120. The number of ether oxygens (including phenoxy) is 1. The molecule has 0 spiro atoms. The Bertz CT molecular complexity index is 206. The van der Waals surface area contributed by atoms with Crippen LogP contribution in [0, 0.1) is 5.92 Å². The van der Waals surface area contributed by atoms with E-state index in [9.17, 15) is 5.11 Å². The molecule has 2 aliphatic rings. The molecule has 1 heterocycles. The lowest BCUT2D eigenvalue weighted by Gasteiger charge is -2.40. The van der Waals surface area contributed by atoms with Crippen LogP contribution in [0.2, 0.25) is 0 Å². The van der Waals surface area contributed by atoms with E-state index in [-0.39, 0.29) is 0 Å². The van der Waals surface area contributed by atoms with Crippen LogP contribution >= 0.6 is 0 Å². The predicted octanol–water partition coefficient (Wildman–Crippen LogP) is 1.70. The predicted molar refractivity (Wildman–Crippen MR) is 64.4 cm³/mol. The molecule has 0 aromatic heterocycles. The third-order valence-electron chi connectivity index (χ3n) is 4.22. The normalized spacial score (nSPS) is 40.1. The van der Waals surface area contributed by atoms with Crippen LogP contribution in [0.5, 0.6) is 0 Å². The highest BCUT2D eigenvalue weighted by molar-refractivity contribution is 4.94. The van der Waals surface area contributed by atoms with E-state index in [2.05, 4.69) is 12.2 Å². The third kappa shape index (κ3) is 2.76. The summed E-state index contributed by atoms with van der Waals surface area (Å²) in [5.41, 5.74) is -0.430. The van der Waals surface area contributed by atoms with Crippen molar-refractivity contribution in [2.75, 3.05) is 19.8 Å². The Morgan fingerprint density at radius 2 is 2.06 bits per heavy atom. The smallest absolute Gasteiger partial charge is 0.0699 e. The van der Waals surface area contributed by atoms with Gasteiger partial charge in [-0.05, 0) is 45.1 Å². The molecular weight excluding hydrogens is 202 g/mol. The maximum atomic E-state index is 10.6. The van der Waals surface area contributed by atoms with Crippen LogP contribution in [-0.2, 0) is 4.74 Å². The molecule has 2 rings (SSSR count). The topological polar surface area (TPSA) is 41.5 Å². The standard InChI is InChI=1S/C13H25NO2/c1-2-8-14-12-3-6-13(15,7-4-12)11-5-9-16-10-11/h11-12,14-15H,2-10H2,1H3. The van der Waals surface area contributed by atoms with Gasteiger partial charge in [-0.3, -0.25) is 0 Å². The van der Waals surface area contributed by atoms with Gasteiger partial charge in [0.05, 0.1) is 12.2 Å². The second-order valence-electron chi connectivity index (χ2n) is 5.39. The first kappa shape index (κ1) is 12.3. The molecule has 1 saturated heterocycles. The highest BCUT2D eigenvalue weighted by Crippen LogP contribution is 2.38. The molecule has 3 heteroatoms. The highest BCUT2D eigenvalue weighted by Gasteiger charge is 2.41. The molecular formula is C13H25NO2. The number of rotatable bonds is 4. The van der Waals surface area contributed by atoms with E-state index in [1.54, 1.807) is 0 Å². The maximum absolute atomic E-state index is 10.6. The van der Waals surface area contributed by atoms with Gasteiger partial charge in [-0.25, -0.2) is 0 Å². The van der Waals surface area contributed by atoms with Crippen LogP contribution < -0.4 is 5.32 Å². The van der Waals surface area contributed by atoms with Crippen LogP contribution in [0.4, 0.5) is 0 Å². The van der Waals surface area contributed by atoms with Gasteiger partial charge in [0.15, 0.2) is 0 Å². The van der Waals surface area contributed by atoms with Gasteiger partial charge >= 0.3 is 0 Å². The summed E-state index contributed by atoms with van der Waals surface area (Å²) in [6.07, 6.45) is 6.37. The van der Waals surface area contributed by atoms with E-state index in [1.165, 1.54) is 6.42 Å². The molecule has 0 radical (unpaired) electrons. The lowest BCUT2D eigenvalue weighted by Crippen LogP contribution is -2.46. The summed E-state index contributed by atoms with van der Waals surface area (Å²) in [4.78, 5) is 0. The molecule has 0 aromatic carbocycles. The van der Waals surface area contributed by atoms with Crippen molar-refractivity contribution in [2.24, 2.45) is 5.92 Å². The molecule has 94 valence electrons. The van der Waals surface area contributed by atoms with Gasteiger partial charge in [0.25, 0.3) is 0 Å². The molecule has 0 amide bonds. The van der Waals surface area contributed by atoms with Crippen molar-refractivity contribution >= 4 is 0 Å². The Balaban J connectivity index is 1.78. The van der Waals surface area contributed by atoms with Crippen LogP contribution in [0.25, 0.3) is 0 Å². The van der Waals surface area contributed by atoms with E-state index < -0.39 is 5.60 Å². The molecule has 3 nitrogen and oxygen atoms in total. The summed E-state index contributed by atoms with van der Waals surface area (Å²) >= 11 is 0. The summed E-state index contributed by atoms with van der Waals surface area (Å²) in [5, 5.41) is 14.2. The Morgan fingerprint density at radius 1 is 1.31 bits per heavy atom. The fourth-order valence-electron chi connectivity index (χ4n) is 3.04. The molecule has 2 fully saturated rings. The quantitative estimate of drug-likeness (QED) is 0.768. The van der Waals surface area contributed by atoms with Crippen LogP contribution in [0.15, 0.2) is 0 Å². The Morgan fingerprint density at radius 3 is 2.62 bits per heavy atom. The van der Waals surface area contributed by atoms with Gasteiger partial charge in [0, 0.05) is 18.6 Å². The SMILES string of the molecule is CCCNC1CCC(O)(C2CCOC2)CC1. The van der Waals surface area contributed by atoms with Crippen molar-refractivity contribution < 1.29 is 9.84 Å². The van der Waals surface area contributed by atoms with E-state index in [1.807, 2.05) is 0 Å². The zero-order chi connectivity index (χ0) is 11.4. The lowest BCUT2D eigenvalue weighted by molar-refractivity contribution is -0.0561. The third-order valence-corrected chi connectivity index (χ3v) is 4.22. The van der Waals surface area contributed by atoms with Crippen molar-refractivity contribution in [3.05, 3.63) is 0 Å². The summed E-state index contributed by atoms with van der Waals surface area (Å²) in [7, 11) is 0. The summed E-state index contributed by atoms with van der Waals surface area (Å²) in [5.74, 6) is 0.389. The number of nitrogens with one attached hydrogen (secondary N) is 1. The second kappa shape index (κ2) is 5.48. The Kier molecular flexibility index (Phi) is 4.22. The molecule has 16 heavy (non-hydrogen) atoms.